The van der Waals surface area contributed by atoms with E-state index >= 15 is 0 Å². The Labute approximate surface area is 121 Å². The van der Waals surface area contributed by atoms with E-state index in [1.165, 1.54) is 16.9 Å². The summed E-state index contributed by atoms with van der Waals surface area (Å²) in [4.78, 5) is 3.80. The molecule has 0 aliphatic heterocycles. The van der Waals surface area contributed by atoms with Crippen molar-refractivity contribution < 1.29 is 9.13 Å². The minimum Gasteiger partial charge on any atom is -0.494 e. The highest BCUT2D eigenvalue weighted by Crippen LogP contribution is 2.22. The third kappa shape index (κ3) is 2.89. The second-order valence-electron chi connectivity index (χ2n) is 4.37. The normalized spacial score (nSPS) is 10.6. The Balaban J connectivity index is 1.93. The molecule has 0 fully saturated rings. The first-order chi connectivity index (χ1) is 10.3. The molecule has 0 aliphatic rings. The van der Waals surface area contributed by atoms with E-state index in [1.54, 1.807) is 6.20 Å². The Kier molecular flexibility index (Phi) is 3.59. The molecule has 5 nitrogen and oxygen atoms in total. The molecule has 6 heteroatoms. The highest BCUT2D eigenvalue weighted by Gasteiger charge is 2.07. The second kappa shape index (κ2) is 5.70. The summed E-state index contributed by atoms with van der Waals surface area (Å²) >= 11 is 0. The molecule has 0 saturated heterocycles. The summed E-state index contributed by atoms with van der Waals surface area (Å²) in [6.45, 7) is 2.53. The Hall–Kier alpha value is -2.76. The number of rotatable bonds is 4. The van der Waals surface area contributed by atoms with E-state index in [4.69, 9.17) is 4.74 Å². The highest BCUT2D eigenvalue weighted by molar-refractivity contribution is 5.60. The van der Waals surface area contributed by atoms with Crippen molar-refractivity contribution in [3.63, 3.8) is 0 Å². The van der Waals surface area contributed by atoms with Crippen LogP contribution in [0, 0.1) is 5.82 Å². The third-order valence-corrected chi connectivity index (χ3v) is 2.89. The number of nitrogens with zero attached hydrogens (tertiary/aromatic N) is 4. The Morgan fingerprint density at radius 3 is 2.95 bits per heavy atom. The molecule has 0 saturated carbocycles. The fourth-order valence-electron chi connectivity index (χ4n) is 1.96. The Morgan fingerprint density at radius 1 is 1.24 bits per heavy atom. The monoisotopic (exact) mass is 284 g/mol. The van der Waals surface area contributed by atoms with Crippen LogP contribution in [-0.2, 0) is 0 Å². The molecular formula is C15H13FN4O. The summed E-state index contributed by atoms with van der Waals surface area (Å²) in [6, 6.07) is 8.93. The number of benzene rings is 1. The molecule has 0 unspecified atom stereocenters. The van der Waals surface area contributed by atoms with Gasteiger partial charge in [0, 0.05) is 11.6 Å². The first-order valence-electron chi connectivity index (χ1n) is 6.53. The van der Waals surface area contributed by atoms with E-state index in [9.17, 15) is 4.39 Å². The second-order valence-corrected chi connectivity index (χ2v) is 4.37. The minimum atomic E-state index is -0.414. The van der Waals surface area contributed by atoms with E-state index in [1.807, 2.05) is 31.2 Å². The fourth-order valence-corrected chi connectivity index (χ4v) is 1.96. The predicted molar refractivity (Wildman–Crippen MR) is 75.7 cm³/mol. The minimum absolute atomic E-state index is 0.414. The van der Waals surface area contributed by atoms with Crippen LogP contribution in [0.2, 0.25) is 0 Å². The number of ether oxygens (including phenoxy) is 1. The van der Waals surface area contributed by atoms with E-state index < -0.39 is 5.82 Å². The van der Waals surface area contributed by atoms with Gasteiger partial charge in [-0.2, -0.15) is 0 Å². The number of halogens is 1. The molecule has 3 aromatic rings. The lowest BCUT2D eigenvalue weighted by molar-refractivity contribution is 0.340. The predicted octanol–water partition coefficient (Wildman–Crippen LogP) is 2.87. The molecular weight excluding hydrogens is 271 g/mol. The molecule has 0 aliphatic carbocycles. The molecule has 1 aromatic carbocycles. The van der Waals surface area contributed by atoms with Crippen LogP contribution in [-0.4, -0.2) is 26.6 Å². The lowest BCUT2D eigenvalue weighted by Gasteiger charge is -2.03. The van der Waals surface area contributed by atoms with Gasteiger partial charge in [0.25, 0.3) is 0 Å². The summed E-state index contributed by atoms with van der Waals surface area (Å²) < 4.78 is 20.1. The molecule has 3 rings (SSSR count). The van der Waals surface area contributed by atoms with Gasteiger partial charge in [0.2, 0.25) is 0 Å². The molecule has 0 bridgehead atoms. The Bertz CT molecular complexity index is 757. The van der Waals surface area contributed by atoms with E-state index in [0.717, 1.165) is 17.5 Å². The number of hydrogen-bond acceptors (Lipinski definition) is 4. The standard InChI is InChI=1S/C15H13FN4O/c1-2-21-14-5-3-4-11(6-14)15-10-20(19-18-15)13-7-12(16)8-17-9-13/h3-10H,2H2,1H3. The van der Waals surface area contributed by atoms with Crippen molar-refractivity contribution in [3.05, 3.63) is 54.7 Å². The van der Waals surface area contributed by atoms with Crippen LogP contribution < -0.4 is 4.74 Å². The highest BCUT2D eigenvalue weighted by atomic mass is 19.1. The van der Waals surface area contributed by atoms with Gasteiger partial charge in [-0.25, -0.2) is 9.07 Å². The van der Waals surface area contributed by atoms with Gasteiger partial charge in [0.05, 0.1) is 30.9 Å². The fraction of sp³-hybridized carbons (Fsp3) is 0.133. The lowest BCUT2D eigenvalue weighted by Crippen LogP contribution is -1.96. The van der Waals surface area contributed by atoms with Crippen molar-refractivity contribution >= 4 is 0 Å². The molecule has 0 N–H and O–H groups in total. The molecule has 2 heterocycles. The summed E-state index contributed by atoms with van der Waals surface area (Å²) in [7, 11) is 0. The van der Waals surface area contributed by atoms with Crippen molar-refractivity contribution in [2.45, 2.75) is 6.92 Å². The van der Waals surface area contributed by atoms with Crippen LogP contribution in [0.15, 0.2) is 48.9 Å². The van der Waals surface area contributed by atoms with Gasteiger partial charge in [0.15, 0.2) is 0 Å². The Morgan fingerprint density at radius 2 is 2.14 bits per heavy atom. The van der Waals surface area contributed by atoms with Crippen LogP contribution in [0.4, 0.5) is 4.39 Å². The third-order valence-electron chi connectivity index (χ3n) is 2.89. The molecule has 21 heavy (non-hydrogen) atoms. The van der Waals surface area contributed by atoms with Crippen LogP contribution in [0.25, 0.3) is 16.9 Å². The zero-order valence-corrected chi connectivity index (χ0v) is 11.4. The van der Waals surface area contributed by atoms with Gasteiger partial charge in [-0.1, -0.05) is 17.3 Å². The number of hydrogen-bond donors (Lipinski definition) is 0. The molecule has 2 aromatic heterocycles. The molecule has 106 valence electrons. The quantitative estimate of drug-likeness (QED) is 0.739. The van der Waals surface area contributed by atoms with Gasteiger partial charge in [-0.05, 0) is 19.1 Å². The van der Waals surface area contributed by atoms with Crippen molar-refractivity contribution in [3.8, 4) is 22.7 Å². The summed E-state index contributed by atoms with van der Waals surface area (Å²) in [6.07, 6.45) is 4.40. The summed E-state index contributed by atoms with van der Waals surface area (Å²) in [5.74, 6) is 0.361. The number of pyridine rings is 1. The average molecular weight is 284 g/mol. The van der Waals surface area contributed by atoms with E-state index in [0.29, 0.717) is 18.0 Å². The number of aromatic nitrogens is 4. The zero-order valence-electron chi connectivity index (χ0n) is 11.4. The molecule has 0 spiro atoms. The van der Waals surface area contributed by atoms with Crippen LogP contribution in [0.1, 0.15) is 6.92 Å². The van der Waals surface area contributed by atoms with Gasteiger partial charge >= 0.3 is 0 Å². The van der Waals surface area contributed by atoms with Crippen molar-refractivity contribution in [2.24, 2.45) is 0 Å². The van der Waals surface area contributed by atoms with Crippen LogP contribution >= 0.6 is 0 Å². The molecule has 0 atom stereocenters. The first-order valence-corrected chi connectivity index (χ1v) is 6.53. The maximum Gasteiger partial charge on any atom is 0.143 e. The molecule has 0 amide bonds. The van der Waals surface area contributed by atoms with Gasteiger partial charge in [-0.3, -0.25) is 4.98 Å². The van der Waals surface area contributed by atoms with Crippen LogP contribution in [0.5, 0.6) is 5.75 Å². The van der Waals surface area contributed by atoms with Crippen molar-refractivity contribution in [1.82, 2.24) is 20.0 Å². The topological polar surface area (TPSA) is 52.8 Å². The van der Waals surface area contributed by atoms with E-state index in [2.05, 4.69) is 15.3 Å². The maximum atomic E-state index is 13.2. The smallest absolute Gasteiger partial charge is 0.143 e. The van der Waals surface area contributed by atoms with Crippen molar-refractivity contribution in [1.29, 1.82) is 0 Å². The largest absolute Gasteiger partial charge is 0.494 e. The maximum absolute atomic E-state index is 13.2. The van der Waals surface area contributed by atoms with Gasteiger partial charge in [-0.15, -0.1) is 5.10 Å². The first kappa shape index (κ1) is 13.2. The summed E-state index contributed by atoms with van der Waals surface area (Å²) in [5, 5.41) is 8.10. The molecule has 0 radical (unpaired) electrons. The lowest BCUT2D eigenvalue weighted by atomic mass is 10.1. The van der Waals surface area contributed by atoms with Crippen molar-refractivity contribution in [2.75, 3.05) is 6.61 Å². The SMILES string of the molecule is CCOc1cccc(-c2cn(-c3cncc(F)c3)nn2)c1. The van der Waals surface area contributed by atoms with Gasteiger partial charge in [0.1, 0.15) is 17.3 Å². The van der Waals surface area contributed by atoms with E-state index in [-0.39, 0.29) is 0 Å². The average Bonchev–Trinajstić information content (AvgIpc) is 2.98. The van der Waals surface area contributed by atoms with Gasteiger partial charge < -0.3 is 4.74 Å². The summed E-state index contributed by atoms with van der Waals surface area (Å²) in [5.41, 5.74) is 2.09. The van der Waals surface area contributed by atoms with Crippen LogP contribution in [0.3, 0.4) is 0 Å². The zero-order chi connectivity index (χ0) is 14.7.